The molecule has 1 amide bonds. The number of benzene rings is 1. The number of carbonyl (C=O) groups excluding carboxylic acids is 2. The standard InChI is InChI=1S/C19H27NO3/c1-14-11-16(21)9-10-17(14)18(22)20(13-19(2,3)23)12-15-7-5-4-6-8-15/h4-8,14,17,23H,9-13H2,1-3H3. The molecule has 0 bridgehead atoms. The Hall–Kier alpha value is -1.68. The van der Waals surface area contributed by atoms with Crippen molar-refractivity contribution in [2.45, 2.75) is 52.2 Å². The molecule has 1 aromatic rings. The Labute approximate surface area is 138 Å². The number of carbonyl (C=O) groups is 2. The first kappa shape index (κ1) is 17.7. The quantitative estimate of drug-likeness (QED) is 0.908. The van der Waals surface area contributed by atoms with Crippen LogP contribution in [0.15, 0.2) is 30.3 Å². The van der Waals surface area contributed by atoms with Crippen LogP contribution < -0.4 is 0 Å². The number of nitrogens with zero attached hydrogens (tertiary/aromatic N) is 1. The highest BCUT2D eigenvalue weighted by molar-refractivity contribution is 5.85. The highest BCUT2D eigenvalue weighted by Crippen LogP contribution is 2.30. The third-order valence-corrected chi connectivity index (χ3v) is 4.39. The second kappa shape index (κ2) is 7.26. The molecule has 23 heavy (non-hydrogen) atoms. The molecule has 2 unspecified atom stereocenters. The van der Waals surface area contributed by atoms with Gasteiger partial charge in [0, 0.05) is 31.8 Å². The van der Waals surface area contributed by atoms with Crippen molar-refractivity contribution in [3.8, 4) is 0 Å². The van der Waals surface area contributed by atoms with E-state index in [1.54, 1.807) is 18.7 Å². The number of Topliss-reactive ketones (excluding diaryl/α,β-unsaturated/α-hetero) is 1. The number of aliphatic hydroxyl groups is 1. The van der Waals surface area contributed by atoms with Crippen LogP contribution in [0.2, 0.25) is 0 Å². The molecule has 1 N–H and O–H groups in total. The lowest BCUT2D eigenvalue weighted by Crippen LogP contribution is -2.46. The fourth-order valence-corrected chi connectivity index (χ4v) is 3.29. The Morgan fingerprint density at radius 2 is 1.96 bits per heavy atom. The largest absolute Gasteiger partial charge is 0.389 e. The molecule has 2 rings (SSSR count). The zero-order chi connectivity index (χ0) is 17.0. The van der Waals surface area contributed by atoms with E-state index in [0.717, 1.165) is 5.56 Å². The first-order valence-electron chi connectivity index (χ1n) is 8.33. The van der Waals surface area contributed by atoms with Crippen molar-refractivity contribution in [3.05, 3.63) is 35.9 Å². The molecule has 0 heterocycles. The average molecular weight is 317 g/mol. The van der Waals surface area contributed by atoms with Crippen LogP contribution in [0, 0.1) is 11.8 Å². The maximum atomic E-state index is 13.0. The zero-order valence-electron chi connectivity index (χ0n) is 14.3. The topological polar surface area (TPSA) is 57.6 Å². The molecule has 0 saturated heterocycles. The number of ketones is 1. The van der Waals surface area contributed by atoms with E-state index >= 15 is 0 Å². The maximum Gasteiger partial charge on any atom is 0.226 e. The molecule has 1 fully saturated rings. The third-order valence-electron chi connectivity index (χ3n) is 4.39. The van der Waals surface area contributed by atoms with Crippen LogP contribution in [0.4, 0.5) is 0 Å². The van der Waals surface area contributed by atoms with Gasteiger partial charge in [-0.15, -0.1) is 0 Å². The fourth-order valence-electron chi connectivity index (χ4n) is 3.29. The smallest absolute Gasteiger partial charge is 0.226 e. The van der Waals surface area contributed by atoms with Crippen LogP contribution >= 0.6 is 0 Å². The van der Waals surface area contributed by atoms with Crippen LogP contribution in [0.5, 0.6) is 0 Å². The second-order valence-corrected chi connectivity index (χ2v) is 7.36. The summed E-state index contributed by atoms with van der Waals surface area (Å²) in [6.07, 6.45) is 1.59. The molecule has 4 nitrogen and oxygen atoms in total. The van der Waals surface area contributed by atoms with E-state index < -0.39 is 5.60 Å². The van der Waals surface area contributed by atoms with E-state index in [1.807, 2.05) is 37.3 Å². The van der Waals surface area contributed by atoms with E-state index in [0.29, 0.717) is 25.8 Å². The highest BCUT2D eigenvalue weighted by Gasteiger charge is 2.35. The summed E-state index contributed by atoms with van der Waals surface area (Å²) in [6, 6.07) is 9.81. The predicted octanol–water partition coefficient (Wildman–Crippen LogP) is 2.79. The van der Waals surface area contributed by atoms with Gasteiger partial charge in [-0.25, -0.2) is 0 Å². The Kier molecular flexibility index (Phi) is 5.58. The van der Waals surface area contributed by atoms with Crippen LogP contribution in [0.1, 0.15) is 45.6 Å². The Balaban J connectivity index is 2.15. The fraction of sp³-hybridized carbons (Fsp3) is 0.579. The normalized spacial score (nSPS) is 22.0. The summed E-state index contributed by atoms with van der Waals surface area (Å²) in [5.74, 6) is 0.247. The minimum absolute atomic E-state index is 0.0518. The van der Waals surface area contributed by atoms with Gasteiger partial charge in [0.05, 0.1) is 5.60 Å². The van der Waals surface area contributed by atoms with Gasteiger partial charge in [0.1, 0.15) is 5.78 Å². The van der Waals surface area contributed by atoms with E-state index in [9.17, 15) is 14.7 Å². The molecule has 1 saturated carbocycles. The van der Waals surface area contributed by atoms with E-state index in [1.165, 1.54) is 0 Å². The molecule has 0 aliphatic heterocycles. The number of amides is 1. The summed E-state index contributed by atoms with van der Waals surface area (Å²) in [5, 5.41) is 10.2. The predicted molar refractivity (Wildman–Crippen MR) is 89.7 cm³/mol. The summed E-state index contributed by atoms with van der Waals surface area (Å²) >= 11 is 0. The van der Waals surface area contributed by atoms with Crippen LogP contribution in [-0.2, 0) is 16.1 Å². The lowest BCUT2D eigenvalue weighted by Gasteiger charge is -2.35. The monoisotopic (exact) mass is 317 g/mol. The molecule has 0 aromatic heterocycles. The van der Waals surface area contributed by atoms with Gasteiger partial charge in [-0.1, -0.05) is 37.3 Å². The molecule has 1 aliphatic rings. The van der Waals surface area contributed by atoms with Crippen LogP contribution in [0.25, 0.3) is 0 Å². The molecule has 1 aromatic carbocycles. The zero-order valence-corrected chi connectivity index (χ0v) is 14.3. The molecular formula is C19H27NO3. The summed E-state index contributed by atoms with van der Waals surface area (Å²) in [6.45, 7) is 6.18. The molecular weight excluding hydrogens is 290 g/mol. The van der Waals surface area contributed by atoms with Crippen molar-refractivity contribution >= 4 is 11.7 Å². The molecule has 4 heteroatoms. The van der Waals surface area contributed by atoms with Crippen molar-refractivity contribution in [2.24, 2.45) is 11.8 Å². The average Bonchev–Trinajstić information content (AvgIpc) is 2.45. The Bertz CT molecular complexity index is 547. The summed E-state index contributed by atoms with van der Waals surface area (Å²) in [5.41, 5.74) is 0.0997. The molecule has 0 spiro atoms. The van der Waals surface area contributed by atoms with Crippen LogP contribution in [-0.4, -0.2) is 33.8 Å². The molecule has 2 atom stereocenters. The first-order chi connectivity index (χ1) is 10.8. The lowest BCUT2D eigenvalue weighted by atomic mass is 9.79. The number of rotatable bonds is 5. The molecule has 126 valence electrons. The summed E-state index contributed by atoms with van der Waals surface area (Å²) < 4.78 is 0. The molecule has 1 aliphatic carbocycles. The van der Waals surface area contributed by atoms with Gasteiger partial charge in [0.25, 0.3) is 0 Å². The molecule has 0 radical (unpaired) electrons. The Morgan fingerprint density at radius 3 is 2.52 bits per heavy atom. The van der Waals surface area contributed by atoms with Crippen LogP contribution in [0.3, 0.4) is 0 Å². The van der Waals surface area contributed by atoms with Gasteiger partial charge >= 0.3 is 0 Å². The van der Waals surface area contributed by atoms with Crippen molar-refractivity contribution < 1.29 is 14.7 Å². The minimum Gasteiger partial charge on any atom is -0.389 e. The maximum absolute atomic E-state index is 13.0. The van der Waals surface area contributed by atoms with Gasteiger partial charge in [-0.2, -0.15) is 0 Å². The lowest BCUT2D eigenvalue weighted by molar-refractivity contribution is -0.143. The van der Waals surface area contributed by atoms with Gasteiger partial charge in [0.2, 0.25) is 5.91 Å². The van der Waals surface area contributed by atoms with Gasteiger partial charge in [-0.3, -0.25) is 9.59 Å². The van der Waals surface area contributed by atoms with Crippen molar-refractivity contribution in [1.82, 2.24) is 4.90 Å². The third kappa shape index (κ3) is 5.17. The van der Waals surface area contributed by atoms with E-state index in [2.05, 4.69) is 0 Å². The summed E-state index contributed by atoms with van der Waals surface area (Å²) in [4.78, 5) is 26.3. The number of hydrogen-bond donors (Lipinski definition) is 1. The minimum atomic E-state index is -0.946. The van der Waals surface area contributed by atoms with E-state index in [-0.39, 0.29) is 30.1 Å². The Morgan fingerprint density at radius 1 is 1.30 bits per heavy atom. The second-order valence-electron chi connectivity index (χ2n) is 7.36. The summed E-state index contributed by atoms with van der Waals surface area (Å²) in [7, 11) is 0. The van der Waals surface area contributed by atoms with Gasteiger partial charge in [-0.05, 0) is 31.7 Å². The van der Waals surface area contributed by atoms with Crippen molar-refractivity contribution in [2.75, 3.05) is 6.54 Å². The van der Waals surface area contributed by atoms with E-state index in [4.69, 9.17) is 0 Å². The highest BCUT2D eigenvalue weighted by atomic mass is 16.3. The van der Waals surface area contributed by atoms with Gasteiger partial charge < -0.3 is 10.0 Å². The van der Waals surface area contributed by atoms with Crippen molar-refractivity contribution in [3.63, 3.8) is 0 Å². The first-order valence-corrected chi connectivity index (χ1v) is 8.33. The van der Waals surface area contributed by atoms with Gasteiger partial charge in [0.15, 0.2) is 0 Å². The van der Waals surface area contributed by atoms with Crippen molar-refractivity contribution in [1.29, 1.82) is 0 Å². The SMILES string of the molecule is CC1CC(=O)CCC1C(=O)N(Cc1ccccc1)CC(C)(C)O. The number of hydrogen-bond acceptors (Lipinski definition) is 3.